The second-order valence-electron chi connectivity index (χ2n) is 6.19. The van der Waals surface area contributed by atoms with Crippen LogP contribution in [0.3, 0.4) is 0 Å². The Morgan fingerprint density at radius 2 is 1.61 bits per heavy atom. The molecule has 2 aromatic rings. The Labute approximate surface area is 141 Å². The number of carbonyl (C=O) groups is 1. The number of benzene rings is 2. The normalized spacial score (nSPS) is 15.5. The smallest absolute Gasteiger partial charge is 0.335 e. The van der Waals surface area contributed by atoms with Crippen LogP contribution in [0.4, 0.5) is 0 Å². The summed E-state index contributed by atoms with van der Waals surface area (Å²) >= 11 is 1.80. The van der Waals surface area contributed by atoms with Crippen molar-refractivity contribution in [1.29, 1.82) is 0 Å². The molecular formula is C20H22O2S. The van der Waals surface area contributed by atoms with Crippen molar-refractivity contribution >= 4 is 17.7 Å². The largest absolute Gasteiger partial charge is 0.478 e. The number of carboxylic acids is 1. The first-order chi connectivity index (χ1) is 11.2. The zero-order chi connectivity index (χ0) is 16.1. The fraction of sp³-hybridized carbons (Fsp3) is 0.350. The van der Waals surface area contributed by atoms with Crippen LogP contribution in [0.1, 0.15) is 59.5 Å². The zero-order valence-corrected chi connectivity index (χ0v) is 14.0. The molecule has 0 radical (unpaired) electrons. The zero-order valence-electron chi connectivity index (χ0n) is 13.2. The molecule has 1 aliphatic rings. The lowest BCUT2D eigenvalue weighted by molar-refractivity contribution is 0.0697. The maximum atomic E-state index is 10.8. The van der Waals surface area contributed by atoms with Gasteiger partial charge in [-0.25, -0.2) is 4.79 Å². The second kappa shape index (κ2) is 7.69. The summed E-state index contributed by atoms with van der Waals surface area (Å²) in [7, 11) is 0. The molecule has 2 aromatic carbocycles. The van der Waals surface area contributed by atoms with Crippen molar-refractivity contribution < 1.29 is 9.90 Å². The average Bonchev–Trinajstić information content (AvgIpc) is 2.61. The standard InChI is InChI=1S/C20H22O2S/c21-20(22)18-8-6-15(7-9-18)14-23-19-12-10-17(11-13-19)16-4-2-1-3-5-16/h6-13,16H,1-5,14H2,(H,21,22). The van der Waals surface area contributed by atoms with Crippen molar-refractivity contribution in [2.75, 3.05) is 0 Å². The Hall–Kier alpha value is -1.74. The van der Waals surface area contributed by atoms with Gasteiger partial charge in [0.1, 0.15) is 0 Å². The van der Waals surface area contributed by atoms with Gasteiger partial charge in [-0.1, -0.05) is 43.5 Å². The van der Waals surface area contributed by atoms with E-state index in [2.05, 4.69) is 24.3 Å². The molecule has 0 aromatic heterocycles. The highest BCUT2D eigenvalue weighted by Gasteiger charge is 2.15. The van der Waals surface area contributed by atoms with Crippen molar-refractivity contribution in [3.05, 3.63) is 65.2 Å². The number of aromatic carboxylic acids is 1. The highest BCUT2D eigenvalue weighted by atomic mass is 32.2. The summed E-state index contributed by atoms with van der Waals surface area (Å²) in [4.78, 5) is 12.1. The Morgan fingerprint density at radius 1 is 0.957 bits per heavy atom. The summed E-state index contributed by atoms with van der Waals surface area (Å²) in [6.45, 7) is 0. The van der Waals surface area contributed by atoms with E-state index in [-0.39, 0.29) is 0 Å². The maximum Gasteiger partial charge on any atom is 0.335 e. The first-order valence-electron chi connectivity index (χ1n) is 8.27. The van der Waals surface area contributed by atoms with Crippen molar-refractivity contribution in [3.8, 4) is 0 Å². The Balaban J connectivity index is 1.56. The van der Waals surface area contributed by atoms with Crippen molar-refractivity contribution in [2.24, 2.45) is 0 Å². The average molecular weight is 326 g/mol. The third-order valence-electron chi connectivity index (χ3n) is 4.56. The summed E-state index contributed by atoms with van der Waals surface area (Å²) in [6.07, 6.45) is 6.80. The van der Waals surface area contributed by atoms with Crippen LogP contribution < -0.4 is 0 Å². The van der Waals surface area contributed by atoms with Crippen molar-refractivity contribution in [2.45, 2.75) is 48.7 Å². The van der Waals surface area contributed by atoms with Crippen LogP contribution in [0.2, 0.25) is 0 Å². The van der Waals surface area contributed by atoms with E-state index in [1.165, 1.54) is 42.6 Å². The van der Waals surface area contributed by atoms with Gasteiger partial charge in [0.25, 0.3) is 0 Å². The number of thioether (sulfide) groups is 1. The molecule has 0 amide bonds. The SMILES string of the molecule is O=C(O)c1ccc(CSc2ccc(C3CCCCC3)cc2)cc1. The van der Waals surface area contributed by atoms with E-state index in [0.717, 1.165) is 17.2 Å². The van der Waals surface area contributed by atoms with Gasteiger partial charge in [0, 0.05) is 10.6 Å². The molecule has 1 saturated carbocycles. The molecule has 0 atom stereocenters. The van der Waals surface area contributed by atoms with Crippen LogP contribution in [0.5, 0.6) is 0 Å². The highest BCUT2D eigenvalue weighted by Crippen LogP contribution is 2.33. The van der Waals surface area contributed by atoms with Gasteiger partial charge in [0.2, 0.25) is 0 Å². The van der Waals surface area contributed by atoms with Crippen LogP contribution in [0.25, 0.3) is 0 Å². The minimum absolute atomic E-state index is 0.343. The molecule has 0 unspecified atom stereocenters. The Morgan fingerprint density at radius 3 is 2.22 bits per heavy atom. The van der Waals surface area contributed by atoms with Crippen molar-refractivity contribution in [1.82, 2.24) is 0 Å². The van der Waals surface area contributed by atoms with E-state index < -0.39 is 5.97 Å². The van der Waals surface area contributed by atoms with Crippen molar-refractivity contribution in [3.63, 3.8) is 0 Å². The van der Waals surface area contributed by atoms with Gasteiger partial charge in [-0.05, 0) is 54.2 Å². The van der Waals surface area contributed by atoms with E-state index in [9.17, 15) is 4.79 Å². The monoisotopic (exact) mass is 326 g/mol. The molecule has 3 heteroatoms. The predicted molar refractivity (Wildman–Crippen MR) is 95.2 cm³/mol. The topological polar surface area (TPSA) is 37.3 Å². The van der Waals surface area contributed by atoms with E-state index in [1.54, 1.807) is 23.9 Å². The molecule has 23 heavy (non-hydrogen) atoms. The molecule has 0 aliphatic heterocycles. The van der Waals surface area contributed by atoms with Gasteiger partial charge in [-0.2, -0.15) is 0 Å². The van der Waals surface area contributed by atoms with Gasteiger partial charge in [0.05, 0.1) is 5.56 Å². The Bertz CT molecular complexity index is 640. The van der Waals surface area contributed by atoms with Gasteiger partial charge >= 0.3 is 5.97 Å². The molecule has 2 nitrogen and oxygen atoms in total. The molecule has 1 fully saturated rings. The van der Waals surface area contributed by atoms with Gasteiger partial charge in [0.15, 0.2) is 0 Å². The molecule has 0 bridgehead atoms. The van der Waals surface area contributed by atoms with Crippen LogP contribution in [-0.4, -0.2) is 11.1 Å². The third kappa shape index (κ3) is 4.38. The number of hydrogen-bond acceptors (Lipinski definition) is 2. The fourth-order valence-corrected chi connectivity index (χ4v) is 4.04. The van der Waals surface area contributed by atoms with Crippen LogP contribution >= 0.6 is 11.8 Å². The Kier molecular flexibility index (Phi) is 5.39. The number of carboxylic acid groups (broad SMARTS) is 1. The molecule has 120 valence electrons. The summed E-state index contributed by atoms with van der Waals surface area (Å²) in [5.74, 6) is 0.747. The fourth-order valence-electron chi connectivity index (χ4n) is 3.18. The molecular weight excluding hydrogens is 304 g/mol. The van der Waals surface area contributed by atoms with E-state index in [1.807, 2.05) is 12.1 Å². The summed E-state index contributed by atoms with van der Waals surface area (Å²) in [5.41, 5.74) is 2.98. The quantitative estimate of drug-likeness (QED) is 0.713. The summed E-state index contributed by atoms with van der Waals surface area (Å²) < 4.78 is 0. The molecule has 0 saturated heterocycles. The lowest BCUT2D eigenvalue weighted by atomic mass is 9.84. The summed E-state index contributed by atoms with van der Waals surface area (Å²) in [5, 5.41) is 8.91. The predicted octanol–water partition coefficient (Wildman–Crippen LogP) is 5.72. The minimum Gasteiger partial charge on any atom is -0.478 e. The van der Waals surface area contributed by atoms with E-state index >= 15 is 0 Å². The highest BCUT2D eigenvalue weighted by molar-refractivity contribution is 7.98. The first-order valence-corrected chi connectivity index (χ1v) is 9.26. The first kappa shape index (κ1) is 16.1. The van der Waals surface area contributed by atoms with E-state index in [0.29, 0.717) is 5.56 Å². The third-order valence-corrected chi connectivity index (χ3v) is 5.65. The van der Waals surface area contributed by atoms with E-state index in [4.69, 9.17) is 5.11 Å². The maximum absolute atomic E-state index is 10.8. The molecule has 1 aliphatic carbocycles. The second-order valence-corrected chi connectivity index (χ2v) is 7.24. The van der Waals surface area contributed by atoms with Crippen LogP contribution in [0.15, 0.2) is 53.4 Å². The molecule has 3 rings (SSSR count). The van der Waals surface area contributed by atoms with Crippen LogP contribution in [0, 0.1) is 0 Å². The summed E-state index contributed by atoms with van der Waals surface area (Å²) in [6, 6.07) is 16.1. The van der Waals surface area contributed by atoms with Crippen LogP contribution in [-0.2, 0) is 5.75 Å². The number of rotatable bonds is 5. The van der Waals surface area contributed by atoms with Gasteiger partial charge in [-0.3, -0.25) is 0 Å². The molecule has 0 spiro atoms. The lowest BCUT2D eigenvalue weighted by Crippen LogP contribution is -2.04. The molecule has 0 heterocycles. The lowest BCUT2D eigenvalue weighted by Gasteiger charge is -2.22. The van der Waals surface area contributed by atoms with Gasteiger partial charge in [-0.15, -0.1) is 11.8 Å². The van der Waals surface area contributed by atoms with Gasteiger partial charge < -0.3 is 5.11 Å². The molecule has 1 N–H and O–H groups in total. The minimum atomic E-state index is -0.873. The number of hydrogen-bond donors (Lipinski definition) is 1.